The van der Waals surface area contributed by atoms with Crippen LogP contribution in [0.2, 0.25) is 5.02 Å². The average molecular weight is 419 g/mol. The lowest BCUT2D eigenvalue weighted by molar-refractivity contribution is -0.123. The van der Waals surface area contributed by atoms with Crippen molar-refractivity contribution in [2.24, 2.45) is 0 Å². The van der Waals surface area contributed by atoms with Gasteiger partial charge in [-0.25, -0.2) is 4.79 Å². The maximum atomic E-state index is 12.4. The number of nitrogens with zero attached hydrogens (tertiary/aromatic N) is 1. The summed E-state index contributed by atoms with van der Waals surface area (Å²) in [5.74, 6) is -0.793. The number of amides is 1. The predicted octanol–water partition coefficient (Wildman–Crippen LogP) is 3.37. The number of hydrogen-bond acceptors (Lipinski definition) is 6. The van der Waals surface area contributed by atoms with Crippen LogP contribution < -0.4 is 15.0 Å². The summed E-state index contributed by atoms with van der Waals surface area (Å²) in [5, 5.41) is 3.12. The molecular weight excluding hydrogens is 396 g/mol. The van der Waals surface area contributed by atoms with Crippen molar-refractivity contribution < 1.29 is 23.8 Å². The highest BCUT2D eigenvalue weighted by Gasteiger charge is 2.22. The number of hydrogen-bond donors (Lipinski definition) is 1. The Morgan fingerprint density at radius 3 is 2.48 bits per heavy atom. The van der Waals surface area contributed by atoms with Crippen LogP contribution in [0, 0.1) is 0 Å². The number of esters is 1. The number of halogens is 1. The molecule has 0 radical (unpaired) electrons. The number of carbonyl (C=O) groups is 2. The summed E-state index contributed by atoms with van der Waals surface area (Å²) in [6.07, 6.45) is -0.995. The molecule has 7 nitrogen and oxygen atoms in total. The van der Waals surface area contributed by atoms with Crippen LogP contribution in [0.1, 0.15) is 17.3 Å². The molecule has 0 unspecified atom stereocenters. The summed E-state index contributed by atoms with van der Waals surface area (Å²) in [6.45, 7) is 4.60. The molecule has 2 aromatic carbocycles. The first-order valence-corrected chi connectivity index (χ1v) is 9.64. The minimum atomic E-state index is -0.995. The summed E-state index contributed by atoms with van der Waals surface area (Å²) in [6, 6.07) is 12.1. The van der Waals surface area contributed by atoms with Gasteiger partial charge in [-0.2, -0.15) is 0 Å². The maximum absolute atomic E-state index is 12.4. The number of methoxy groups -OCH3 is 1. The molecule has 0 spiro atoms. The number of nitrogens with one attached hydrogen (secondary N) is 1. The zero-order chi connectivity index (χ0) is 20.8. The van der Waals surface area contributed by atoms with Crippen molar-refractivity contribution >= 4 is 34.9 Å². The van der Waals surface area contributed by atoms with E-state index in [4.69, 9.17) is 25.8 Å². The Bertz CT molecular complexity index is 866. The largest absolute Gasteiger partial charge is 0.496 e. The van der Waals surface area contributed by atoms with Crippen molar-refractivity contribution in [1.82, 2.24) is 0 Å². The highest BCUT2D eigenvalue weighted by Crippen LogP contribution is 2.24. The summed E-state index contributed by atoms with van der Waals surface area (Å²) in [7, 11) is 1.44. The van der Waals surface area contributed by atoms with Gasteiger partial charge in [-0.05, 0) is 49.4 Å². The number of ether oxygens (including phenoxy) is 3. The molecule has 154 valence electrons. The zero-order valence-electron chi connectivity index (χ0n) is 16.3. The molecular formula is C21H23ClN2O5. The Labute approximate surface area is 174 Å². The molecule has 1 amide bonds. The molecule has 1 aliphatic rings. The number of carbonyl (C=O) groups excluding carboxylic acids is 2. The first-order chi connectivity index (χ1) is 14.0. The summed E-state index contributed by atoms with van der Waals surface area (Å²) < 4.78 is 15.8. The number of benzene rings is 2. The van der Waals surface area contributed by atoms with Crippen molar-refractivity contribution in [2.45, 2.75) is 13.0 Å². The molecule has 1 N–H and O–H groups in total. The van der Waals surface area contributed by atoms with Gasteiger partial charge in [0.1, 0.15) is 11.3 Å². The maximum Gasteiger partial charge on any atom is 0.342 e. The highest BCUT2D eigenvalue weighted by molar-refractivity contribution is 6.31. The summed E-state index contributed by atoms with van der Waals surface area (Å²) >= 11 is 5.94. The molecule has 1 heterocycles. The third-order valence-corrected chi connectivity index (χ3v) is 4.78. The van der Waals surface area contributed by atoms with Gasteiger partial charge < -0.3 is 24.4 Å². The molecule has 8 heteroatoms. The quantitative estimate of drug-likeness (QED) is 0.725. The van der Waals surface area contributed by atoms with Gasteiger partial charge >= 0.3 is 5.97 Å². The zero-order valence-corrected chi connectivity index (χ0v) is 17.1. The van der Waals surface area contributed by atoms with Gasteiger partial charge in [0.15, 0.2) is 6.10 Å². The van der Waals surface area contributed by atoms with E-state index < -0.39 is 18.0 Å². The number of rotatable bonds is 6. The topological polar surface area (TPSA) is 77.1 Å². The second-order valence-electron chi connectivity index (χ2n) is 6.53. The van der Waals surface area contributed by atoms with Crippen LogP contribution in [0.4, 0.5) is 11.4 Å². The lowest BCUT2D eigenvalue weighted by atomic mass is 10.2. The van der Waals surface area contributed by atoms with E-state index in [1.807, 2.05) is 24.3 Å². The molecule has 29 heavy (non-hydrogen) atoms. The fourth-order valence-electron chi connectivity index (χ4n) is 2.94. The van der Waals surface area contributed by atoms with Crippen LogP contribution in [0.3, 0.4) is 0 Å². The van der Waals surface area contributed by atoms with Gasteiger partial charge in [0.05, 0.1) is 20.3 Å². The van der Waals surface area contributed by atoms with Crippen molar-refractivity contribution in [2.75, 3.05) is 43.6 Å². The van der Waals surface area contributed by atoms with Crippen LogP contribution in [0.15, 0.2) is 42.5 Å². The molecule has 1 saturated heterocycles. The van der Waals surface area contributed by atoms with Crippen molar-refractivity contribution in [3.8, 4) is 5.75 Å². The second-order valence-corrected chi connectivity index (χ2v) is 6.96. The van der Waals surface area contributed by atoms with Crippen LogP contribution >= 0.6 is 11.6 Å². The standard InChI is InChI=1S/C21H23ClN2O5/c1-14(29-21(26)18-13-15(22)3-8-19(18)27-2)20(25)23-16-4-6-17(7-5-16)24-9-11-28-12-10-24/h3-8,13-14H,9-12H2,1-2H3,(H,23,25)/t14-/m0/s1. The van der Waals surface area contributed by atoms with E-state index in [2.05, 4.69) is 10.2 Å². The molecule has 3 rings (SSSR count). The van der Waals surface area contributed by atoms with E-state index in [0.717, 1.165) is 18.8 Å². The van der Waals surface area contributed by atoms with Crippen LogP contribution in [-0.2, 0) is 14.3 Å². The molecule has 0 saturated carbocycles. The molecule has 0 aliphatic carbocycles. The number of morpholine rings is 1. The molecule has 1 fully saturated rings. The molecule has 0 aromatic heterocycles. The Morgan fingerprint density at radius 2 is 1.83 bits per heavy atom. The fourth-order valence-corrected chi connectivity index (χ4v) is 3.11. The van der Waals surface area contributed by atoms with Gasteiger partial charge in [-0.3, -0.25) is 4.79 Å². The third kappa shape index (κ3) is 5.40. The first kappa shape index (κ1) is 21.0. The van der Waals surface area contributed by atoms with Crippen LogP contribution in [0.5, 0.6) is 5.75 Å². The monoisotopic (exact) mass is 418 g/mol. The van der Waals surface area contributed by atoms with Crippen molar-refractivity contribution in [3.05, 3.63) is 53.1 Å². The van der Waals surface area contributed by atoms with Crippen LogP contribution in [-0.4, -0.2) is 51.4 Å². The van der Waals surface area contributed by atoms with Crippen molar-refractivity contribution in [1.29, 1.82) is 0 Å². The Balaban J connectivity index is 1.59. The normalized spacial score (nSPS) is 14.8. The summed E-state index contributed by atoms with van der Waals surface area (Å²) in [4.78, 5) is 27.0. The summed E-state index contributed by atoms with van der Waals surface area (Å²) in [5.41, 5.74) is 1.85. The third-order valence-electron chi connectivity index (χ3n) is 4.55. The van der Waals surface area contributed by atoms with E-state index in [9.17, 15) is 9.59 Å². The molecule has 1 aliphatic heterocycles. The van der Waals surface area contributed by atoms with Crippen LogP contribution in [0.25, 0.3) is 0 Å². The van der Waals surface area contributed by atoms with E-state index in [1.54, 1.807) is 12.1 Å². The van der Waals surface area contributed by atoms with Gasteiger partial charge in [0, 0.05) is 29.5 Å². The highest BCUT2D eigenvalue weighted by atomic mass is 35.5. The van der Waals surface area contributed by atoms with Crippen molar-refractivity contribution in [3.63, 3.8) is 0 Å². The number of anilines is 2. The minimum absolute atomic E-state index is 0.162. The lowest BCUT2D eigenvalue weighted by Gasteiger charge is -2.28. The fraction of sp³-hybridized carbons (Fsp3) is 0.333. The van der Waals surface area contributed by atoms with E-state index in [-0.39, 0.29) is 5.56 Å². The minimum Gasteiger partial charge on any atom is -0.496 e. The first-order valence-electron chi connectivity index (χ1n) is 9.26. The van der Waals surface area contributed by atoms with Gasteiger partial charge in [0.25, 0.3) is 5.91 Å². The Morgan fingerprint density at radius 1 is 1.14 bits per heavy atom. The Kier molecular flexibility index (Phi) is 6.95. The molecule has 1 atom stereocenters. The van der Waals surface area contributed by atoms with Gasteiger partial charge in [-0.15, -0.1) is 0 Å². The molecule has 2 aromatic rings. The van der Waals surface area contributed by atoms with Gasteiger partial charge in [0.2, 0.25) is 0 Å². The average Bonchev–Trinajstić information content (AvgIpc) is 2.74. The Hall–Kier alpha value is -2.77. The smallest absolute Gasteiger partial charge is 0.342 e. The van der Waals surface area contributed by atoms with E-state index >= 15 is 0 Å². The second kappa shape index (κ2) is 9.62. The van der Waals surface area contributed by atoms with E-state index in [0.29, 0.717) is 29.7 Å². The van der Waals surface area contributed by atoms with E-state index in [1.165, 1.54) is 20.1 Å². The molecule has 0 bridgehead atoms. The van der Waals surface area contributed by atoms with Gasteiger partial charge in [-0.1, -0.05) is 11.6 Å². The lowest BCUT2D eigenvalue weighted by Crippen LogP contribution is -2.36. The SMILES string of the molecule is COc1ccc(Cl)cc1C(=O)O[C@@H](C)C(=O)Nc1ccc(N2CCOCC2)cc1. The predicted molar refractivity (Wildman–Crippen MR) is 111 cm³/mol.